The molecule has 20 heavy (non-hydrogen) atoms. The molecule has 0 aliphatic carbocycles. The number of pyridine rings is 1. The van der Waals surface area contributed by atoms with Crippen molar-refractivity contribution in [1.29, 1.82) is 0 Å². The summed E-state index contributed by atoms with van der Waals surface area (Å²) in [5.41, 5.74) is 2.86. The van der Waals surface area contributed by atoms with Crippen molar-refractivity contribution in [1.82, 2.24) is 4.98 Å². The van der Waals surface area contributed by atoms with Gasteiger partial charge in [0.2, 0.25) is 0 Å². The van der Waals surface area contributed by atoms with Gasteiger partial charge in [-0.15, -0.1) is 0 Å². The molecule has 0 saturated carbocycles. The van der Waals surface area contributed by atoms with Crippen LogP contribution in [0, 0.1) is 0 Å². The second-order valence-corrected chi connectivity index (χ2v) is 4.62. The molecule has 0 aliphatic rings. The van der Waals surface area contributed by atoms with Crippen LogP contribution >= 0.6 is 0 Å². The molecule has 98 valence electrons. The van der Waals surface area contributed by atoms with Gasteiger partial charge < -0.3 is 4.74 Å². The van der Waals surface area contributed by atoms with Crippen molar-refractivity contribution in [2.24, 2.45) is 0 Å². The Kier molecular flexibility index (Phi) is 3.21. The number of benzene rings is 2. The zero-order valence-electron chi connectivity index (χ0n) is 11.3. The monoisotopic (exact) mass is 261 g/mol. The summed E-state index contributed by atoms with van der Waals surface area (Å²) in [6, 6.07) is 18.1. The van der Waals surface area contributed by atoms with E-state index in [1.807, 2.05) is 42.6 Å². The fraction of sp³-hybridized carbons (Fsp3) is 0.0556. The van der Waals surface area contributed by atoms with Crippen molar-refractivity contribution in [3.05, 3.63) is 78.6 Å². The van der Waals surface area contributed by atoms with Crippen molar-refractivity contribution in [3.8, 4) is 5.75 Å². The molecule has 0 spiro atoms. The summed E-state index contributed by atoms with van der Waals surface area (Å²) in [6.45, 7) is 4.15. The fourth-order valence-corrected chi connectivity index (χ4v) is 2.19. The van der Waals surface area contributed by atoms with E-state index in [4.69, 9.17) is 4.74 Å². The Morgan fingerprint density at radius 3 is 2.40 bits per heavy atom. The van der Waals surface area contributed by atoms with Gasteiger partial charge in [-0.3, -0.25) is 4.98 Å². The third-order valence-corrected chi connectivity index (χ3v) is 3.38. The molecular weight excluding hydrogens is 246 g/mol. The van der Waals surface area contributed by atoms with Crippen molar-refractivity contribution < 1.29 is 4.74 Å². The third kappa shape index (κ3) is 2.28. The van der Waals surface area contributed by atoms with E-state index in [0.717, 1.165) is 28.0 Å². The van der Waals surface area contributed by atoms with Crippen LogP contribution in [0.4, 0.5) is 0 Å². The smallest absolute Gasteiger partial charge is 0.118 e. The maximum atomic E-state index is 5.17. The summed E-state index contributed by atoms with van der Waals surface area (Å²) >= 11 is 0. The van der Waals surface area contributed by atoms with E-state index in [1.54, 1.807) is 7.11 Å². The Balaban J connectivity index is 1.98. The van der Waals surface area contributed by atoms with Gasteiger partial charge in [0, 0.05) is 17.2 Å². The van der Waals surface area contributed by atoms with Crippen LogP contribution in [-0.4, -0.2) is 12.1 Å². The molecule has 0 radical (unpaired) electrons. The first-order chi connectivity index (χ1) is 9.78. The van der Waals surface area contributed by atoms with E-state index >= 15 is 0 Å². The molecule has 0 bridgehead atoms. The van der Waals surface area contributed by atoms with Crippen molar-refractivity contribution in [2.45, 2.75) is 0 Å². The molecule has 3 aromatic rings. The first-order valence-corrected chi connectivity index (χ1v) is 6.46. The Hall–Kier alpha value is -2.61. The minimum Gasteiger partial charge on any atom is -0.497 e. The quantitative estimate of drug-likeness (QED) is 0.701. The van der Waals surface area contributed by atoms with Crippen LogP contribution in [0.3, 0.4) is 0 Å². The first kappa shape index (κ1) is 12.4. The average molecular weight is 261 g/mol. The van der Waals surface area contributed by atoms with Crippen LogP contribution in [0.15, 0.2) is 67.4 Å². The molecule has 0 saturated heterocycles. The number of hydrogen-bond acceptors (Lipinski definition) is 2. The van der Waals surface area contributed by atoms with Gasteiger partial charge in [0.15, 0.2) is 0 Å². The van der Waals surface area contributed by atoms with E-state index in [1.165, 1.54) is 5.39 Å². The van der Waals surface area contributed by atoms with Gasteiger partial charge in [0.05, 0.1) is 12.8 Å². The molecule has 0 atom stereocenters. The van der Waals surface area contributed by atoms with Gasteiger partial charge >= 0.3 is 0 Å². The summed E-state index contributed by atoms with van der Waals surface area (Å²) in [6.07, 6.45) is 1.89. The Morgan fingerprint density at radius 1 is 1.00 bits per heavy atom. The molecule has 2 nitrogen and oxygen atoms in total. The number of nitrogens with zero attached hydrogens (tertiary/aromatic N) is 1. The molecule has 2 heteroatoms. The lowest BCUT2D eigenvalue weighted by Gasteiger charge is -2.08. The number of hydrogen-bond donors (Lipinski definition) is 0. The molecule has 0 amide bonds. The van der Waals surface area contributed by atoms with E-state index in [9.17, 15) is 0 Å². The van der Waals surface area contributed by atoms with Crippen molar-refractivity contribution in [2.75, 3.05) is 7.11 Å². The number of fused-ring (bicyclic) bond motifs is 1. The molecule has 1 aromatic heterocycles. The Morgan fingerprint density at radius 2 is 1.70 bits per heavy atom. The largest absolute Gasteiger partial charge is 0.497 e. The van der Waals surface area contributed by atoms with Gasteiger partial charge in [-0.2, -0.15) is 0 Å². The summed E-state index contributed by atoms with van der Waals surface area (Å²) in [5, 5.41) is 2.31. The number of ether oxygens (including phenoxy) is 1. The highest BCUT2D eigenvalue weighted by Crippen LogP contribution is 2.24. The molecule has 0 aliphatic heterocycles. The highest BCUT2D eigenvalue weighted by molar-refractivity contribution is 5.86. The predicted molar refractivity (Wildman–Crippen MR) is 82.9 cm³/mol. The van der Waals surface area contributed by atoms with Crippen LogP contribution < -0.4 is 4.74 Å². The second-order valence-electron chi connectivity index (χ2n) is 4.62. The lowest BCUT2D eigenvalue weighted by molar-refractivity contribution is 0.415. The van der Waals surface area contributed by atoms with E-state index in [0.29, 0.717) is 0 Å². The SMILES string of the molecule is C=C(c1ccc(OC)cc1)c1cc2ccccc2cn1. The Labute approximate surface area is 118 Å². The number of aromatic nitrogens is 1. The van der Waals surface area contributed by atoms with E-state index in [-0.39, 0.29) is 0 Å². The predicted octanol–water partition coefficient (Wildman–Crippen LogP) is 4.30. The molecule has 0 N–H and O–H groups in total. The standard InChI is InChI=1S/C18H15NO/c1-13(14-7-9-17(20-2)10-8-14)18-11-15-5-3-4-6-16(15)12-19-18/h3-12H,1H2,2H3. The van der Waals surface area contributed by atoms with Gasteiger partial charge in [-0.25, -0.2) is 0 Å². The molecule has 3 rings (SSSR count). The summed E-state index contributed by atoms with van der Waals surface area (Å²) in [5.74, 6) is 0.841. The molecular formula is C18H15NO. The maximum absolute atomic E-state index is 5.17. The maximum Gasteiger partial charge on any atom is 0.118 e. The van der Waals surface area contributed by atoms with Gasteiger partial charge in [-0.1, -0.05) is 43.0 Å². The van der Waals surface area contributed by atoms with Crippen LogP contribution in [-0.2, 0) is 0 Å². The molecule has 1 heterocycles. The van der Waals surface area contributed by atoms with Gasteiger partial charge in [0.1, 0.15) is 5.75 Å². The topological polar surface area (TPSA) is 22.1 Å². The summed E-state index contributed by atoms with van der Waals surface area (Å²) < 4.78 is 5.17. The van der Waals surface area contributed by atoms with E-state index in [2.05, 4.69) is 29.8 Å². The van der Waals surface area contributed by atoms with Crippen LogP contribution in [0.1, 0.15) is 11.3 Å². The zero-order chi connectivity index (χ0) is 13.9. The van der Waals surface area contributed by atoms with Crippen LogP contribution in [0.2, 0.25) is 0 Å². The normalized spacial score (nSPS) is 10.4. The highest BCUT2D eigenvalue weighted by atomic mass is 16.5. The highest BCUT2D eigenvalue weighted by Gasteiger charge is 2.05. The summed E-state index contributed by atoms with van der Waals surface area (Å²) in [7, 11) is 1.66. The van der Waals surface area contributed by atoms with Crippen molar-refractivity contribution >= 4 is 16.3 Å². The van der Waals surface area contributed by atoms with Gasteiger partial charge in [0.25, 0.3) is 0 Å². The van der Waals surface area contributed by atoms with Crippen molar-refractivity contribution in [3.63, 3.8) is 0 Å². The third-order valence-electron chi connectivity index (χ3n) is 3.38. The lowest BCUT2D eigenvalue weighted by Crippen LogP contribution is -1.91. The number of rotatable bonds is 3. The Bertz CT molecular complexity index is 760. The van der Waals surface area contributed by atoms with Crippen LogP contribution in [0.25, 0.3) is 16.3 Å². The molecule has 0 fully saturated rings. The zero-order valence-corrected chi connectivity index (χ0v) is 11.3. The minimum atomic E-state index is 0.841. The molecule has 0 unspecified atom stereocenters. The van der Waals surface area contributed by atoms with E-state index < -0.39 is 0 Å². The molecule has 2 aromatic carbocycles. The lowest BCUT2D eigenvalue weighted by atomic mass is 10.0. The minimum absolute atomic E-state index is 0.841. The van der Waals surface area contributed by atoms with Crippen LogP contribution in [0.5, 0.6) is 5.75 Å². The summed E-state index contributed by atoms with van der Waals surface area (Å²) in [4.78, 5) is 4.49. The fourth-order valence-electron chi connectivity index (χ4n) is 2.19. The van der Waals surface area contributed by atoms with Gasteiger partial charge in [-0.05, 0) is 29.1 Å². The number of methoxy groups -OCH3 is 1. The second kappa shape index (κ2) is 5.17. The first-order valence-electron chi connectivity index (χ1n) is 6.46. The average Bonchev–Trinajstić information content (AvgIpc) is 2.54.